The van der Waals surface area contributed by atoms with Crippen LogP contribution >= 0.6 is 0 Å². The van der Waals surface area contributed by atoms with Gasteiger partial charge in [0.05, 0.1) is 0 Å². The van der Waals surface area contributed by atoms with Crippen LogP contribution in [0.15, 0.2) is 0 Å². The van der Waals surface area contributed by atoms with Crippen molar-refractivity contribution in [1.29, 1.82) is 0 Å². The average molecular weight is 239 g/mol. The number of hydrogen-bond donors (Lipinski definition) is 1. The SMILES string of the molecule is CCC(C)CN1CCC(O)(C(F)(F)F)CC1. The van der Waals surface area contributed by atoms with Gasteiger partial charge in [0, 0.05) is 19.6 Å². The molecule has 0 aliphatic carbocycles. The molecule has 0 bridgehead atoms. The molecule has 2 nitrogen and oxygen atoms in total. The Morgan fingerprint density at radius 3 is 2.19 bits per heavy atom. The van der Waals surface area contributed by atoms with Crippen molar-refractivity contribution >= 4 is 0 Å². The summed E-state index contributed by atoms with van der Waals surface area (Å²) >= 11 is 0. The minimum absolute atomic E-state index is 0.201. The molecule has 1 unspecified atom stereocenters. The van der Waals surface area contributed by atoms with Crippen LogP contribution in [0.2, 0.25) is 0 Å². The van der Waals surface area contributed by atoms with Gasteiger partial charge in [-0.1, -0.05) is 20.3 Å². The number of piperidine rings is 1. The van der Waals surface area contributed by atoms with Crippen LogP contribution in [0.3, 0.4) is 0 Å². The second-order valence-electron chi connectivity index (χ2n) is 4.84. The van der Waals surface area contributed by atoms with Gasteiger partial charge in [-0.3, -0.25) is 0 Å². The zero-order valence-corrected chi connectivity index (χ0v) is 9.85. The lowest BCUT2D eigenvalue weighted by Crippen LogP contribution is -2.53. The third kappa shape index (κ3) is 3.10. The number of aliphatic hydroxyl groups is 1. The third-order valence-corrected chi connectivity index (χ3v) is 3.48. The number of halogens is 3. The van der Waals surface area contributed by atoms with Crippen LogP contribution in [-0.2, 0) is 0 Å². The van der Waals surface area contributed by atoms with E-state index < -0.39 is 11.8 Å². The fourth-order valence-electron chi connectivity index (χ4n) is 1.96. The standard InChI is InChI=1S/C11H20F3NO/c1-3-9(2)8-15-6-4-10(16,5-7-15)11(12,13)14/h9,16H,3-8H2,1-2H3. The van der Waals surface area contributed by atoms with E-state index >= 15 is 0 Å². The Balaban J connectivity index is 2.45. The minimum Gasteiger partial charge on any atom is -0.380 e. The van der Waals surface area contributed by atoms with E-state index in [2.05, 4.69) is 13.8 Å². The van der Waals surface area contributed by atoms with E-state index in [1.54, 1.807) is 0 Å². The zero-order valence-electron chi connectivity index (χ0n) is 9.85. The van der Waals surface area contributed by atoms with Crippen LogP contribution in [0.5, 0.6) is 0 Å². The van der Waals surface area contributed by atoms with Gasteiger partial charge >= 0.3 is 6.18 Å². The average Bonchev–Trinajstić information content (AvgIpc) is 2.20. The Morgan fingerprint density at radius 1 is 1.31 bits per heavy atom. The summed E-state index contributed by atoms with van der Waals surface area (Å²) in [5, 5.41) is 9.47. The quantitative estimate of drug-likeness (QED) is 0.817. The highest BCUT2D eigenvalue weighted by Crippen LogP contribution is 2.38. The molecule has 16 heavy (non-hydrogen) atoms. The van der Waals surface area contributed by atoms with Crippen molar-refractivity contribution in [3.63, 3.8) is 0 Å². The summed E-state index contributed by atoms with van der Waals surface area (Å²) in [4.78, 5) is 2.01. The molecule has 0 saturated carbocycles. The molecule has 1 N–H and O–H groups in total. The Hall–Kier alpha value is -0.290. The number of hydrogen-bond acceptors (Lipinski definition) is 2. The molecule has 1 rings (SSSR count). The monoisotopic (exact) mass is 239 g/mol. The second kappa shape index (κ2) is 4.92. The summed E-state index contributed by atoms with van der Waals surface area (Å²) in [5.74, 6) is 0.497. The Morgan fingerprint density at radius 2 is 1.81 bits per heavy atom. The predicted octanol–water partition coefficient (Wildman–Crippen LogP) is 2.42. The first-order chi connectivity index (χ1) is 7.28. The molecule has 1 aliphatic heterocycles. The minimum atomic E-state index is -4.49. The first-order valence-corrected chi connectivity index (χ1v) is 5.80. The van der Waals surface area contributed by atoms with E-state index in [0.29, 0.717) is 19.0 Å². The molecule has 0 aromatic rings. The van der Waals surface area contributed by atoms with Crippen molar-refractivity contribution in [1.82, 2.24) is 4.90 Å². The van der Waals surface area contributed by atoms with Crippen molar-refractivity contribution in [3.05, 3.63) is 0 Å². The number of likely N-dealkylation sites (tertiary alicyclic amines) is 1. The van der Waals surface area contributed by atoms with Crippen molar-refractivity contribution in [2.75, 3.05) is 19.6 Å². The highest BCUT2D eigenvalue weighted by atomic mass is 19.4. The molecule has 0 spiro atoms. The van der Waals surface area contributed by atoms with Gasteiger partial charge < -0.3 is 10.0 Å². The lowest BCUT2D eigenvalue weighted by atomic mass is 9.90. The topological polar surface area (TPSA) is 23.5 Å². The third-order valence-electron chi connectivity index (χ3n) is 3.48. The molecule has 1 aliphatic rings. The van der Waals surface area contributed by atoms with Crippen LogP contribution in [0.1, 0.15) is 33.1 Å². The Bertz CT molecular complexity index is 222. The number of rotatable bonds is 3. The van der Waals surface area contributed by atoms with E-state index in [4.69, 9.17) is 0 Å². The summed E-state index contributed by atoms with van der Waals surface area (Å²) < 4.78 is 37.5. The summed E-state index contributed by atoms with van der Waals surface area (Å²) in [6, 6.07) is 0. The highest BCUT2D eigenvalue weighted by Gasteiger charge is 2.54. The normalized spacial score (nSPS) is 24.4. The second-order valence-corrected chi connectivity index (χ2v) is 4.84. The summed E-state index contributed by atoms with van der Waals surface area (Å²) in [5.41, 5.74) is -2.46. The molecule has 5 heteroatoms. The first kappa shape index (κ1) is 13.8. The van der Waals surface area contributed by atoms with Crippen LogP contribution in [0.4, 0.5) is 13.2 Å². The highest BCUT2D eigenvalue weighted by molar-refractivity contribution is 4.92. The van der Waals surface area contributed by atoms with E-state index in [9.17, 15) is 18.3 Å². The van der Waals surface area contributed by atoms with E-state index in [0.717, 1.165) is 13.0 Å². The largest absolute Gasteiger partial charge is 0.417 e. The van der Waals surface area contributed by atoms with Crippen LogP contribution in [-0.4, -0.2) is 41.4 Å². The molecule has 1 heterocycles. The molecule has 0 aromatic heterocycles. The van der Waals surface area contributed by atoms with Crippen LogP contribution in [0, 0.1) is 5.92 Å². The summed E-state index contributed by atoms with van der Waals surface area (Å²) in [7, 11) is 0. The fraction of sp³-hybridized carbons (Fsp3) is 1.00. The van der Waals surface area contributed by atoms with E-state index in [-0.39, 0.29) is 12.8 Å². The molecule has 1 saturated heterocycles. The predicted molar refractivity (Wildman–Crippen MR) is 56.1 cm³/mol. The van der Waals surface area contributed by atoms with Crippen LogP contribution < -0.4 is 0 Å². The van der Waals surface area contributed by atoms with Crippen molar-refractivity contribution in [3.8, 4) is 0 Å². The maximum Gasteiger partial charge on any atom is 0.417 e. The van der Waals surface area contributed by atoms with Crippen molar-refractivity contribution in [2.45, 2.75) is 44.9 Å². The fourth-order valence-corrected chi connectivity index (χ4v) is 1.96. The Kier molecular flexibility index (Phi) is 4.23. The number of nitrogens with zero attached hydrogens (tertiary/aromatic N) is 1. The lowest BCUT2D eigenvalue weighted by Gasteiger charge is -2.39. The summed E-state index contributed by atoms with van der Waals surface area (Å²) in [6.07, 6.45) is -3.87. The van der Waals surface area contributed by atoms with Crippen LogP contribution in [0.25, 0.3) is 0 Å². The zero-order chi connectivity index (χ0) is 12.4. The van der Waals surface area contributed by atoms with Gasteiger partial charge in [-0.2, -0.15) is 13.2 Å². The molecule has 1 fully saturated rings. The maximum atomic E-state index is 12.5. The van der Waals surface area contributed by atoms with Gasteiger partial charge in [0.25, 0.3) is 0 Å². The van der Waals surface area contributed by atoms with Gasteiger partial charge in [0.1, 0.15) is 0 Å². The molecule has 1 atom stereocenters. The molecule has 96 valence electrons. The van der Waals surface area contributed by atoms with Gasteiger partial charge in [0.2, 0.25) is 0 Å². The Labute approximate surface area is 94.4 Å². The van der Waals surface area contributed by atoms with Gasteiger partial charge in [-0.25, -0.2) is 0 Å². The van der Waals surface area contributed by atoms with Gasteiger partial charge in [-0.05, 0) is 18.8 Å². The molecule has 0 radical (unpaired) electrons. The van der Waals surface area contributed by atoms with Gasteiger partial charge in [-0.15, -0.1) is 0 Å². The van der Waals surface area contributed by atoms with E-state index in [1.165, 1.54) is 0 Å². The van der Waals surface area contributed by atoms with E-state index in [1.807, 2.05) is 4.90 Å². The maximum absolute atomic E-state index is 12.5. The smallest absolute Gasteiger partial charge is 0.380 e. The molecule has 0 amide bonds. The first-order valence-electron chi connectivity index (χ1n) is 5.80. The van der Waals surface area contributed by atoms with Crippen molar-refractivity contribution in [2.24, 2.45) is 5.92 Å². The molecule has 0 aromatic carbocycles. The lowest BCUT2D eigenvalue weighted by molar-refractivity contribution is -0.272. The van der Waals surface area contributed by atoms with Crippen molar-refractivity contribution < 1.29 is 18.3 Å². The molecular formula is C11H20F3NO. The molecular weight excluding hydrogens is 219 g/mol. The summed E-state index contributed by atoms with van der Waals surface area (Å²) in [6.45, 7) is 5.65. The number of alkyl halides is 3. The van der Waals surface area contributed by atoms with Gasteiger partial charge in [0.15, 0.2) is 5.60 Å².